The Morgan fingerprint density at radius 3 is 2.57 bits per heavy atom. The number of nitrogens with one attached hydrogen (secondary N) is 2. The zero-order valence-electron chi connectivity index (χ0n) is 12.7. The fraction of sp³-hybridized carbons (Fsp3) is 0.312. The van der Waals surface area contributed by atoms with Gasteiger partial charge in [-0.3, -0.25) is 9.59 Å². The van der Waals surface area contributed by atoms with Gasteiger partial charge >= 0.3 is 5.97 Å². The van der Waals surface area contributed by atoms with Gasteiger partial charge < -0.3 is 15.7 Å². The van der Waals surface area contributed by atoms with Crippen molar-refractivity contribution in [3.63, 3.8) is 0 Å². The summed E-state index contributed by atoms with van der Waals surface area (Å²) < 4.78 is 0.847. The molecule has 1 aromatic heterocycles. The van der Waals surface area contributed by atoms with E-state index in [9.17, 15) is 14.4 Å². The Labute approximate surface area is 137 Å². The summed E-state index contributed by atoms with van der Waals surface area (Å²) in [6.07, 6.45) is 1.12. The lowest BCUT2D eigenvalue weighted by Crippen LogP contribution is -2.25. The Morgan fingerprint density at radius 1 is 1.13 bits per heavy atom. The normalized spacial score (nSPS) is 10.5. The van der Waals surface area contributed by atoms with E-state index in [-0.39, 0.29) is 29.5 Å². The van der Waals surface area contributed by atoms with Crippen LogP contribution in [0.4, 0.5) is 5.69 Å². The first-order valence-electron chi connectivity index (χ1n) is 7.33. The molecule has 0 atom stereocenters. The third-order valence-electron chi connectivity index (χ3n) is 3.16. The molecule has 0 aliphatic carbocycles. The van der Waals surface area contributed by atoms with Crippen molar-refractivity contribution in [2.45, 2.75) is 26.2 Å². The van der Waals surface area contributed by atoms with Gasteiger partial charge in [0.05, 0.1) is 0 Å². The molecule has 0 saturated heterocycles. The van der Waals surface area contributed by atoms with Gasteiger partial charge in [-0.05, 0) is 36.1 Å². The second-order valence-corrected chi connectivity index (χ2v) is 6.15. The van der Waals surface area contributed by atoms with Gasteiger partial charge in [0.15, 0.2) is 0 Å². The van der Waals surface area contributed by atoms with E-state index in [0.29, 0.717) is 12.2 Å². The molecule has 122 valence electrons. The molecule has 0 aliphatic heterocycles. The Hall–Kier alpha value is -2.41. The number of fused-ring (bicyclic) bond motifs is 1. The molecule has 0 fully saturated rings. The Morgan fingerprint density at radius 2 is 1.87 bits per heavy atom. The van der Waals surface area contributed by atoms with Crippen molar-refractivity contribution in [1.82, 2.24) is 5.32 Å². The van der Waals surface area contributed by atoms with E-state index < -0.39 is 5.97 Å². The number of aromatic carboxylic acids is 1. The monoisotopic (exact) mass is 334 g/mol. The molecule has 2 rings (SSSR count). The van der Waals surface area contributed by atoms with Crippen LogP contribution in [0, 0.1) is 0 Å². The number of carboxylic acid groups (broad SMARTS) is 1. The van der Waals surface area contributed by atoms with E-state index in [4.69, 9.17) is 5.11 Å². The smallest absolute Gasteiger partial charge is 0.345 e. The van der Waals surface area contributed by atoms with Gasteiger partial charge in [-0.1, -0.05) is 6.92 Å². The van der Waals surface area contributed by atoms with Gasteiger partial charge in [0.2, 0.25) is 11.8 Å². The summed E-state index contributed by atoms with van der Waals surface area (Å²) in [6, 6.07) is 6.80. The number of anilines is 1. The topological polar surface area (TPSA) is 95.5 Å². The molecule has 0 aliphatic rings. The van der Waals surface area contributed by atoms with Gasteiger partial charge in [-0.2, -0.15) is 0 Å². The Bertz CT molecular complexity index is 739. The molecule has 0 radical (unpaired) electrons. The molecular weight excluding hydrogens is 316 g/mol. The molecule has 6 nitrogen and oxygen atoms in total. The number of carboxylic acids is 1. The summed E-state index contributed by atoms with van der Waals surface area (Å²) in [7, 11) is 0. The summed E-state index contributed by atoms with van der Waals surface area (Å²) in [5, 5.41) is 15.2. The minimum atomic E-state index is -0.963. The molecule has 7 heteroatoms. The fourth-order valence-electron chi connectivity index (χ4n) is 2.03. The van der Waals surface area contributed by atoms with Crippen molar-refractivity contribution >= 4 is 44.9 Å². The number of benzene rings is 1. The van der Waals surface area contributed by atoms with Crippen LogP contribution in [0.2, 0.25) is 0 Å². The molecule has 23 heavy (non-hydrogen) atoms. The SMILES string of the molecule is CCCNC(=O)CCC(=O)Nc1ccc2sc(C(=O)O)cc2c1. The van der Waals surface area contributed by atoms with Crippen LogP contribution in [0.25, 0.3) is 10.1 Å². The third-order valence-corrected chi connectivity index (χ3v) is 4.27. The third kappa shape index (κ3) is 4.79. The number of amides is 2. The van der Waals surface area contributed by atoms with Crippen molar-refractivity contribution in [3.8, 4) is 0 Å². The van der Waals surface area contributed by atoms with Crippen LogP contribution in [-0.4, -0.2) is 29.4 Å². The highest BCUT2D eigenvalue weighted by molar-refractivity contribution is 7.20. The number of thiophene rings is 1. The van der Waals surface area contributed by atoms with E-state index >= 15 is 0 Å². The Kier molecular flexibility index (Phi) is 5.70. The van der Waals surface area contributed by atoms with Gasteiger partial charge in [-0.15, -0.1) is 11.3 Å². The zero-order valence-corrected chi connectivity index (χ0v) is 13.5. The van der Waals surface area contributed by atoms with Crippen LogP contribution >= 0.6 is 11.3 Å². The minimum absolute atomic E-state index is 0.109. The molecule has 3 N–H and O–H groups in total. The Balaban J connectivity index is 1.94. The number of hydrogen-bond donors (Lipinski definition) is 3. The first-order chi connectivity index (χ1) is 11.0. The van der Waals surface area contributed by atoms with Crippen LogP contribution in [0.3, 0.4) is 0 Å². The lowest BCUT2D eigenvalue weighted by Gasteiger charge is -2.06. The first-order valence-corrected chi connectivity index (χ1v) is 8.14. The average molecular weight is 334 g/mol. The van der Waals surface area contributed by atoms with Crippen LogP contribution < -0.4 is 10.6 Å². The summed E-state index contributed by atoms with van der Waals surface area (Å²) in [5.74, 6) is -1.35. The predicted molar refractivity (Wildman–Crippen MR) is 89.9 cm³/mol. The molecular formula is C16H18N2O4S. The van der Waals surface area contributed by atoms with Gasteiger partial charge in [0.1, 0.15) is 4.88 Å². The van der Waals surface area contributed by atoms with Crippen molar-refractivity contribution < 1.29 is 19.5 Å². The van der Waals surface area contributed by atoms with Crippen LogP contribution in [0.1, 0.15) is 35.9 Å². The maximum atomic E-state index is 11.9. The number of carbonyl (C=O) groups is 3. The highest BCUT2D eigenvalue weighted by Gasteiger charge is 2.10. The molecule has 1 aromatic carbocycles. The highest BCUT2D eigenvalue weighted by Crippen LogP contribution is 2.28. The minimum Gasteiger partial charge on any atom is -0.477 e. The van der Waals surface area contributed by atoms with Gasteiger partial charge in [-0.25, -0.2) is 4.79 Å². The number of carbonyl (C=O) groups excluding carboxylic acids is 2. The van der Waals surface area contributed by atoms with E-state index in [1.807, 2.05) is 6.92 Å². The van der Waals surface area contributed by atoms with Crippen LogP contribution in [-0.2, 0) is 9.59 Å². The first kappa shape index (κ1) is 17.0. The van der Waals surface area contributed by atoms with E-state index in [0.717, 1.165) is 16.5 Å². The predicted octanol–water partition coefficient (Wildman–Crippen LogP) is 2.84. The highest BCUT2D eigenvalue weighted by atomic mass is 32.1. The average Bonchev–Trinajstić information content (AvgIpc) is 2.94. The lowest BCUT2D eigenvalue weighted by molar-refractivity contribution is -0.124. The van der Waals surface area contributed by atoms with Gasteiger partial charge in [0.25, 0.3) is 0 Å². The molecule has 2 aromatic rings. The van der Waals surface area contributed by atoms with Gasteiger partial charge in [0, 0.05) is 29.8 Å². The number of rotatable bonds is 7. The van der Waals surface area contributed by atoms with E-state index in [1.54, 1.807) is 24.3 Å². The molecule has 1 heterocycles. The second-order valence-electron chi connectivity index (χ2n) is 5.07. The fourth-order valence-corrected chi connectivity index (χ4v) is 2.91. The van der Waals surface area contributed by atoms with E-state index in [2.05, 4.69) is 10.6 Å². The molecule has 0 bridgehead atoms. The van der Waals surface area contributed by atoms with Crippen LogP contribution in [0.15, 0.2) is 24.3 Å². The van der Waals surface area contributed by atoms with E-state index in [1.165, 1.54) is 11.3 Å². The lowest BCUT2D eigenvalue weighted by atomic mass is 10.2. The zero-order chi connectivity index (χ0) is 16.8. The molecule has 0 unspecified atom stereocenters. The summed E-state index contributed by atoms with van der Waals surface area (Å²) in [4.78, 5) is 34.5. The maximum absolute atomic E-state index is 11.9. The summed E-state index contributed by atoms with van der Waals surface area (Å²) in [6.45, 7) is 2.57. The summed E-state index contributed by atoms with van der Waals surface area (Å²) >= 11 is 1.19. The maximum Gasteiger partial charge on any atom is 0.345 e. The van der Waals surface area contributed by atoms with Crippen molar-refractivity contribution in [2.75, 3.05) is 11.9 Å². The molecule has 0 spiro atoms. The number of hydrogen-bond acceptors (Lipinski definition) is 4. The van der Waals surface area contributed by atoms with Crippen molar-refractivity contribution in [2.24, 2.45) is 0 Å². The van der Waals surface area contributed by atoms with Crippen molar-refractivity contribution in [1.29, 1.82) is 0 Å². The molecule has 0 saturated carbocycles. The second kappa shape index (κ2) is 7.73. The largest absolute Gasteiger partial charge is 0.477 e. The van der Waals surface area contributed by atoms with Crippen molar-refractivity contribution in [3.05, 3.63) is 29.1 Å². The molecule has 2 amide bonds. The quantitative estimate of drug-likeness (QED) is 0.725. The standard InChI is InChI=1S/C16H18N2O4S/c1-2-7-17-14(19)5-6-15(20)18-11-3-4-12-10(8-11)9-13(23-12)16(21)22/h3-4,8-9H,2,5-7H2,1H3,(H,17,19)(H,18,20)(H,21,22). The van der Waals surface area contributed by atoms with Crippen LogP contribution in [0.5, 0.6) is 0 Å². The summed E-state index contributed by atoms with van der Waals surface area (Å²) in [5.41, 5.74) is 0.589.